The quantitative estimate of drug-likeness (QED) is 0.821. The van der Waals surface area contributed by atoms with Crippen LogP contribution in [0.1, 0.15) is 44.9 Å². The molecule has 0 unspecified atom stereocenters. The first-order chi connectivity index (χ1) is 8.69. The zero-order chi connectivity index (χ0) is 13.5. The summed E-state index contributed by atoms with van der Waals surface area (Å²) in [6.45, 7) is 11.4. The Bertz CT molecular complexity index is 329. The predicted molar refractivity (Wildman–Crippen MR) is 75.7 cm³/mol. The molecule has 0 atom stereocenters. The minimum Gasteiger partial charge on any atom is -0.379 e. The number of hydrogen-bond acceptors (Lipinski definition) is 3. The SMILES string of the molecule is CC.COC1CN(Cc2ccc(C(C)C)cn2)C1. The fourth-order valence-corrected chi connectivity index (χ4v) is 1.90. The normalized spacial score (nSPS) is 16.1. The highest BCUT2D eigenvalue weighted by Gasteiger charge is 2.26. The van der Waals surface area contributed by atoms with Crippen LogP contribution in [-0.4, -0.2) is 36.2 Å². The van der Waals surface area contributed by atoms with Crippen molar-refractivity contribution in [3.05, 3.63) is 29.6 Å². The van der Waals surface area contributed by atoms with Gasteiger partial charge in [-0.05, 0) is 17.5 Å². The number of pyridine rings is 1. The van der Waals surface area contributed by atoms with Crippen molar-refractivity contribution in [2.45, 2.75) is 46.3 Å². The largest absolute Gasteiger partial charge is 0.379 e. The topological polar surface area (TPSA) is 25.4 Å². The van der Waals surface area contributed by atoms with Crippen LogP contribution in [0.3, 0.4) is 0 Å². The van der Waals surface area contributed by atoms with Crippen LogP contribution >= 0.6 is 0 Å². The van der Waals surface area contributed by atoms with E-state index in [9.17, 15) is 0 Å². The summed E-state index contributed by atoms with van der Waals surface area (Å²) in [6, 6.07) is 4.32. The molecule has 102 valence electrons. The van der Waals surface area contributed by atoms with Crippen LogP contribution < -0.4 is 0 Å². The molecule has 3 nitrogen and oxygen atoms in total. The van der Waals surface area contributed by atoms with Crippen molar-refractivity contribution in [1.29, 1.82) is 0 Å². The second-order valence-corrected chi connectivity index (χ2v) is 4.79. The summed E-state index contributed by atoms with van der Waals surface area (Å²) in [4.78, 5) is 6.84. The van der Waals surface area contributed by atoms with Crippen LogP contribution in [0.15, 0.2) is 18.3 Å². The lowest BCUT2D eigenvalue weighted by Gasteiger charge is -2.37. The molecule has 1 aromatic heterocycles. The van der Waals surface area contributed by atoms with Crippen LogP contribution in [0.2, 0.25) is 0 Å². The number of rotatable bonds is 4. The van der Waals surface area contributed by atoms with Crippen LogP contribution in [0.25, 0.3) is 0 Å². The van der Waals surface area contributed by atoms with Crippen molar-refractivity contribution in [3.8, 4) is 0 Å². The van der Waals surface area contributed by atoms with Gasteiger partial charge < -0.3 is 4.74 Å². The summed E-state index contributed by atoms with van der Waals surface area (Å²) >= 11 is 0. The third-order valence-corrected chi connectivity index (χ3v) is 3.16. The summed E-state index contributed by atoms with van der Waals surface area (Å²) in [5, 5.41) is 0. The first-order valence-electron chi connectivity index (χ1n) is 6.89. The maximum absolute atomic E-state index is 5.24. The molecule has 1 aromatic rings. The van der Waals surface area contributed by atoms with Crippen molar-refractivity contribution >= 4 is 0 Å². The molecule has 1 fully saturated rings. The fourth-order valence-electron chi connectivity index (χ4n) is 1.90. The Morgan fingerprint density at radius 1 is 1.33 bits per heavy atom. The van der Waals surface area contributed by atoms with Gasteiger partial charge >= 0.3 is 0 Å². The maximum atomic E-state index is 5.24. The van der Waals surface area contributed by atoms with E-state index < -0.39 is 0 Å². The number of likely N-dealkylation sites (tertiary alicyclic amines) is 1. The van der Waals surface area contributed by atoms with Crippen LogP contribution in [0, 0.1) is 0 Å². The molecule has 0 spiro atoms. The van der Waals surface area contributed by atoms with Gasteiger partial charge in [0.15, 0.2) is 0 Å². The Kier molecular flexibility index (Phi) is 6.30. The van der Waals surface area contributed by atoms with Gasteiger partial charge in [-0.2, -0.15) is 0 Å². The van der Waals surface area contributed by atoms with Gasteiger partial charge in [0.2, 0.25) is 0 Å². The Hall–Kier alpha value is -0.930. The van der Waals surface area contributed by atoms with Crippen molar-refractivity contribution in [2.75, 3.05) is 20.2 Å². The lowest BCUT2D eigenvalue weighted by Crippen LogP contribution is -2.51. The fraction of sp³-hybridized carbons (Fsp3) is 0.667. The molecule has 2 heterocycles. The summed E-state index contributed by atoms with van der Waals surface area (Å²) in [7, 11) is 1.78. The molecule has 0 radical (unpaired) electrons. The standard InChI is InChI=1S/C13H20N2O.C2H6/c1-10(2)11-4-5-12(14-6-11)7-15-8-13(9-15)16-3;1-2/h4-6,10,13H,7-9H2,1-3H3;1-2H3. The third-order valence-electron chi connectivity index (χ3n) is 3.16. The maximum Gasteiger partial charge on any atom is 0.0825 e. The van der Waals surface area contributed by atoms with Crippen LogP contribution in [0.4, 0.5) is 0 Å². The van der Waals surface area contributed by atoms with Crippen LogP contribution in [-0.2, 0) is 11.3 Å². The third kappa shape index (κ3) is 4.07. The van der Waals surface area contributed by atoms with Gasteiger partial charge in [-0.15, -0.1) is 0 Å². The van der Waals surface area contributed by atoms with Gasteiger partial charge in [0, 0.05) is 32.9 Å². The average molecular weight is 250 g/mol. The second kappa shape index (κ2) is 7.49. The number of ether oxygens (including phenoxy) is 1. The number of hydrogen-bond donors (Lipinski definition) is 0. The Labute approximate surface area is 111 Å². The Morgan fingerprint density at radius 3 is 2.44 bits per heavy atom. The smallest absolute Gasteiger partial charge is 0.0825 e. The zero-order valence-corrected chi connectivity index (χ0v) is 12.3. The molecular weight excluding hydrogens is 224 g/mol. The van der Waals surface area contributed by atoms with E-state index in [1.165, 1.54) is 5.56 Å². The van der Waals surface area contributed by atoms with Crippen LogP contribution in [0.5, 0.6) is 0 Å². The minimum atomic E-state index is 0.426. The lowest BCUT2D eigenvalue weighted by molar-refractivity contribution is -0.0339. The molecule has 0 amide bonds. The summed E-state index contributed by atoms with van der Waals surface area (Å²) < 4.78 is 5.24. The van der Waals surface area contributed by atoms with Crippen molar-refractivity contribution < 1.29 is 4.74 Å². The van der Waals surface area contributed by atoms with Gasteiger partial charge in [0.25, 0.3) is 0 Å². The van der Waals surface area contributed by atoms with E-state index in [1.807, 2.05) is 20.0 Å². The van der Waals surface area contributed by atoms with E-state index in [4.69, 9.17) is 4.74 Å². The zero-order valence-electron chi connectivity index (χ0n) is 12.3. The van der Waals surface area contributed by atoms with E-state index in [1.54, 1.807) is 7.11 Å². The first kappa shape index (κ1) is 15.1. The molecule has 18 heavy (non-hydrogen) atoms. The molecule has 0 bridgehead atoms. The van der Waals surface area contributed by atoms with Crippen molar-refractivity contribution in [1.82, 2.24) is 9.88 Å². The highest BCUT2D eigenvalue weighted by Crippen LogP contribution is 2.16. The van der Waals surface area contributed by atoms with Crippen molar-refractivity contribution in [3.63, 3.8) is 0 Å². The molecule has 0 aromatic carbocycles. The van der Waals surface area contributed by atoms with Gasteiger partial charge in [-0.25, -0.2) is 0 Å². The molecule has 0 saturated carbocycles. The first-order valence-corrected chi connectivity index (χ1v) is 6.89. The lowest BCUT2D eigenvalue weighted by atomic mass is 10.1. The van der Waals surface area contributed by atoms with E-state index in [-0.39, 0.29) is 0 Å². The molecule has 3 heteroatoms. The van der Waals surface area contributed by atoms with E-state index >= 15 is 0 Å². The molecule has 1 saturated heterocycles. The van der Waals surface area contributed by atoms with E-state index in [2.05, 4.69) is 35.9 Å². The number of nitrogens with zero attached hydrogens (tertiary/aromatic N) is 2. The second-order valence-electron chi connectivity index (χ2n) is 4.79. The minimum absolute atomic E-state index is 0.426. The summed E-state index contributed by atoms with van der Waals surface area (Å²) in [5.41, 5.74) is 2.46. The Balaban J connectivity index is 0.000000771. The highest BCUT2D eigenvalue weighted by atomic mass is 16.5. The van der Waals surface area contributed by atoms with Crippen molar-refractivity contribution in [2.24, 2.45) is 0 Å². The van der Waals surface area contributed by atoms with E-state index in [0.717, 1.165) is 25.3 Å². The van der Waals surface area contributed by atoms with Gasteiger partial charge in [-0.3, -0.25) is 9.88 Å². The molecule has 0 N–H and O–H groups in total. The predicted octanol–water partition coefficient (Wildman–Crippen LogP) is 3.06. The number of aromatic nitrogens is 1. The number of methoxy groups -OCH3 is 1. The average Bonchev–Trinajstić information content (AvgIpc) is 2.36. The summed E-state index contributed by atoms with van der Waals surface area (Å²) in [6.07, 6.45) is 2.42. The monoisotopic (exact) mass is 250 g/mol. The molecule has 1 aliphatic heterocycles. The van der Waals surface area contributed by atoms with E-state index in [0.29, 0.717) is 12.0 Å². The Morgan fingerprint density at radius 2 is 2.00 bits per heavy atom. The van der Waals surface area contributed by atoms with Gasteiger partial charge in [0.05, 0.1) is 11.8 Å². The molecular formula is C15H26N2O. The van der Waals surface area contributed by atoms with Gasteiger partial charge in [0.1, 0.15) is 0 Å². The highest BCUT2D eigenvalue weighted by molar-refractivity contribution is 5.17. The van der Waals surface area contributed by atoms with Gasteiger partial charge in [-0.1, -0.05) is 33.8 Å². The molecule has 2 rings (SSSR count). The molecule has 1 aliphatic rings. The molecule has 0 aliphatic carbocycles. The summed E-state index contributed by atoms with van der Waals surface area (Å²) in [5.74, 6) is 0.559.